The van der Waals surface area contributed by atoms with Crippen LogP contribution in [0, 0.1) is 0 Å². The molecule has 2 amide bonds. The van der Waals surface area contributed by atoms with E-state index in [1.807, 2.05) is 6.92 Å². The molecule has 0 bridgehead atoms. The molecule has 0 unspecified atom stereocenters. The Morgan fingerprint density at radius 1 is 0.958 bits per heavy atom. The van der Waals surface area contributed by atoms with Crippen molar-refractivity contribution in [2.45, 2.75) is 71.6 Å². The molecule has 0 saturated carbocycles. The molecule has 0 aliphatic heterocycles. The Hall–Kier alpha value is -0.489. The fourth-order valence-corrected chi connectivity index (χ4v) is 15.3. The van der Waals surface area contributed by atoms with E-state index in [1.54, 1.807) is 4.90 Å². The highest BCUT2D eigenvalue weighted by Gasteiger charge is 2.39. The molecule has 0 aromatic heterocycles. The first-order valence-electron chi connectivity index (χ1n) is 8.64. The minimum absolute atomic E-state index is 0.203. The lowest BCUT2D eigenvalue weighted by molar-refractivity contribution is -0.135. The third-order valence-corrected chi connectivity index (χ3v) is 12.8. The summed E-state index contributed by atoms with van der Waals surface area (Å²) in [5.41, 5.74) is 5.11. The van der Waals surface area contributed by atoms with E-state index < -0.39 is 31.1 Å². The summed E-state index contributed by atoms with van der Waals surface area (Å²) in [5.74, 6) is -0.785. The molecule has 9 heteroatoms. The molecule has 0 spiro atoms. The van der Waals surface area contributed by atoms with Crippen LogP contribution in [-0.2, 0) is 17.8 Å². The number of carbonyl (C=O) groups excluding carboxylic acids is 2. The molecule has 0 saturated heterocycles. The maximum absolute atomic E-state index is 12.0. The van der Waals surface area contributed by atoms with Crippen molar-refractivity contribution < 1.29 is 17.8 Å². The number of hydrogen-bond acceptors (Lipinski definition) is 4. The Bertz CT molecular complexity index is 417. The molecular weight excluding hydrogens is 356 g/mol. The lowest BCUT2D eigenvalue weighted by Gasteiger charge is -2.38. The van der Waals surface area contributed by atoms with Gasteiger partial charge in [-0.3, -0.25) is 9.59 Å². The number of rotatable bonds is 11. The second kappa shape index (κ2) is 9.28. The molecule has 0 fully saturated rings. The molecule has 0 atom stereocenters. The number of primary amides is 1. The van der Waals surface area contributed by atoms with Gasteiger partial charge in [0.2, 0.25) is 11.8 Å². The zero-order chi connectivity index (χ0) is 19.2. The van der Waals surface area contributed by atoms with Crippen LogP contribution >= 0.6 is 0 Å². The van der Waals surface area contributed by atoms with Crippen molar-refractivity contribution in [3.8, 4) is 0 Å². The Morgan fingerprint density at radius 2 is 1.42 bits per heavy atom. The largest absolute Gasteiger partial charge is 0.437 e. The normalized spacial score (nSPS) is 13.0. The molecule has 142 valence electrons. The molecule has 0 aliphatic carbocycles. The van der Waals surface area contributed by atoms with Gasteiger partial charge in [0.05, 0.1) is 0 Å². The van der Waals surface area contributed by atoms with E-state index in [0.717, 1.165) is 12.5 Å². The molecule has 0 aliphatic rings. The zero-order valence-electron chi connectivity index (χ0n) is 16.7. The minimum Gasteiger partial charge on any atom is -0.437 e. The van der Waals surface area contributed by atoms with Gasteiger partial charge in [0.15, 0.2) is 16.6 Å². The lowest BCUT2D eigenvalue weighted by Crippen LogP contribution is -2.52. The lowest BCUT2D eigenvalue weighted by atomic mass is 10.3. The highest BCUT2D eigenvalue weighted by atomic mass is 28.5. The molecule has 0 rings (SSSR count). The number of amides is 2. The molecule has 0 aromatic carbocycles. The van der Waals surface area contributed by atoms with Crippen LogP contribution in [-0.4, -0.2) is 55.0 Å². The van der Waals surface area contributed by atoms with Gasteiger partial charge in [-0.25, -0.2) is 0 Å². The summed E-state index contributed by atoms with van der Waals surface area (Å²) >= 11 is 0. The van der Waals surface area contributed by atoms with E-state index in [4.69, 9.17) is 14.0 Å². The van der Waals surface area contributed by atoms with Crippen molar-refractivity contribution in [1.29, 1.82) is 0 Å². The first-order chi connectivity index (χ1) is 10.7. The van der Waals surface area contributed by atoms with Crippen LogP contribution in [0.25, 0.3) is 0 Å². The highest BCUT2D eigenvalue weighted by Crippen LogP contribution is 2.25. The Kier molecular flexibility index (Phi) is 9.09. The second-order valence-electron chi connectivity index (χ2n) is 8.28. The van der Waals surface area contributed by atoms with Gasteiger partial charge in [-0.05, 0) is 65.2 Å². The van der Waals surface area contributed by atoms with Gasteiger partial charge in [0.1, 0.15) is 6.42 Å². The van der Waals surface area contributed by atoms with Crippen LogP contribution in [0.2, 0.25) is 51.9 Å². The van der Waals surface area contributed by atoms with Crippen LogP contribution in [0.1, 0.15) is 19.8 Å². The molecule has 2 N–H and O–H groups in total. The molecule has 0 aromatic rings. The van der Waals surface area contributed by atoms with Crippen molar-refractivity contribution >= 4 is 37.0 Å². The number of nitrogens with zero attached hydrogens (tertiary/aromatic N) is 1. The summed E-state index contributed by atoms with van der Waals surface area (Å²) in [6.45, 7) is 18.3. The maximum atomic E-state index is 12.0. The van der Waals surface area contributed by atoms with Gasteiger partial charge >= 0.3 is 8.56 Å². The van der Waals surface area contributed by atoms with Gasteiger partial charge in [0, 0.05) is 13.1 Å². The zero-order valence-corrected chi connectivity index (χ0v) is 19.7. The Labute approximate surface area is 150 Å². The minimum atomic E-state index is -2.27. The summed E-state index contributed by atoms with van der Waals surface area (Å²) in [4.78, 5) is 24.6. The van der Waals surface area contributed by atoms with Crippen LogP contribution in [0.15, 0.2) is 0 Å². The number of carbonyl (C=O) groups is 2. The average Bonchev–Trinajstić information content (AvgIpc) is 2.28. The van der Waals surface area contributed by atoms with E-state index >= 15 is 0 Å². The summed E-state index contributed by atoms with van der Waals surface area (Å²) in [5, 5.41) is 0. The van der Waals surface area contributed by atoms with Crippen LogP contribution in [0.5, 0.6) is 0 Å². The fourth-order valence-electron chi connectivity index (χ4n) is 2.73. The van der Waals surface area contributed by atoms with Crippen molar-refractivity contribution in [2.75, 3.05) is 13.1 Å². The van der Waals surface area contributed by atoms with Gasteiger partial charge in [0.25, 0.3) is 0 Å². The van der Waals surface area contributed by atoms with E-state index in [1.165, 1.54) is 0 Å². The third kappa shape index (κ3) is 11.1. The maximum Gasteiger partial charge on any atom is 0.314 e. The first-order valence-corrected chi connectivity index (χ1v) is 18.0. The predicted molar refractivity (Wildman–Crippen MR) is 106 cm³/mol. The van der Waals surface area contributed by atoms with Gasteiger partial charge in [-0.1, -0.05) is 0 Å². The summed E-state index contributed by atoms with van der Waals surface area (Å²) in [7, 11) is -5.68. The molecule has 0 heterocycles. The van der Waals surface area contributed by atoms with Gasteiger partial charge in [-0.15, -0.1) is 0 Å². The number of hydrogen-bond donors (Lipinski definition) is 1. The standard InChI is InChI=1S/C15H36N2O4Si3/c1-9-17(15(19)13-14(16)18)11-10-12-24(8,20-22(2,3)4)21-23(5,6)7/h9-13H2,1-8H3,(H2,16,18). The van der Waals surface area contributed by atoms with Crippen molar-refractivity contribution in [2.24, 2.45) is 5.73 Å². The highest BCUT2D eigenvalue weighted by molar-refractivity contribution is 6.87. The predicted octanol–water partition coefficient (Wildman–Crippen LogP) is 2.88. The topological polar surface area (TPSA) is 81.9 Å². The molecule has 6 nitrogen and oxygen atoms in total. The van der Waals surface area contributed by atoms with E-state index in [0.29, 0.717) is 13.1 Å². The van der Waals surface area contributed by atoms with Gasteiger partial charge < -0.3 is 18.9 Å². The quantitative estimate of drug-likeness (QED) is 0.433. The first kappa shape index (κ1) is 23.5. The van der Waals surface area contributed by atoms with Crippen molar-refractivity contribution in [3.63, 3.8) is 0 Å². The molecular formula is C15H36N2O4Si3. The smallest absolute Gasteiger partial charge is 0.314 e. The average molecular weight is 393 g/mol. The molecule has 0 radical (unpaired) electrons. The molecule has 24 heavy (non-hydrogen) atoms. The monoisotopic (exact) mass is 392 g/mol. The fraction of sp³-hybridized carbons (Fsp3) is 0.867. The SMILES string of the molecule is CCN(CCC[Si](C)(O[Si](C)(C)C)O[Si](C)(C)C)C(=O)CC(N)=O. The van der Waals surface area contributed by atoms with Crippen LogP contribution < -0.4 is 5.73 Å². The summed E-state index contributed by atoms with van der Waals surface area (Å²) in [6.07, 6.45) is 0.593. The van der Waals surface area contributed by atoms with E-state index in [9.17, 15) is 9.59 Å². The second-order valence-corrected chi connectivity index (χ2v) is 21.1. The van der Waals surface area contributed by atoms with Crippen LogP contribution in [0.3, 0.4) is 0 Å². The van der Waals surface area contributed by atoms with Gasteiger partial charge in [-0.2, -0.15) is 0 Å². The third-order valence-electron chi connectivity index (χ3n) is 3.16. The van der Waals surface area contributed by atoms with E-state index in [2.05, 4.69) is 45.8 Å². The summed E-state index contributed by atoms with van der Waals surface area (Å²) < 4.78 is 12.9. The van der Waals surface area contributed by atoms with Crippen molar-refractivity contribution in [1.82, 2.24) is 4.90 Å². The Balaban J connectivity index is 4.81. The van der Waals surface area contributed by atoms with E-state index in [-0.39, 0.29) is 12.3 Å². The van der Waals surface area contributed by atoms with Crippen LogP contribution in [0.4, 0.5) is 0 Å². The summed E-state index contributed by atoms with van der Waals surface area (Å²) in [6, 6.07) is 0.849. The van der Waals surface area contributed by atoms with Crippen molar-refractivity contribution in [3.05, 3.63) is 0 Å². The Morgan fingerprint density at radius 3 is 1.75 bits per heavy atom. The number of nitrogens with two attached hydrogens (primary N) is 1.